The molecule has 2 fully saturated rings. The van der Waals surface area contributed by atoms with Crippen molar-refractivity contribution in [2.45, 2.75) is 43.4 Å². The Morgan fingerprint density at radius 2 is 1.87 bits per heavy atom. The number of rotatable bonds is 4. The van der Waals surface area contributed by atoms with Gasteiger partial charge in [-0.3, -0.25) is 9.52 Å². The minimum atomic E-state index is -3.45. The van der Waals surface area contributed by atoms with Gasteiger partial charge in [0.05, 0.1) is 10.8 Å². The summed E-state index contributed by atoms with van der Waals surface area (Å²) in [6.07, 6.45) is 3.11. The highest BCUT2D eigenvalue weighted by Crippen LogP contribution is 2.38. The molecule has 0 bridgehead atoms. The van der Waals surface area contributed by atoms with Crippen molar-refractivity contribution in [1.82, 2.24) is 4.72 Å². The fraction of sp³-hybridized carbons (Fsp3) is 0.889. The highest BCUT2D eigenvalue weighted by Gasteiger charge is 2.47. The molecule has 5 nitrogen and oxygen atoms in total. The Hall–Kier alpha value is -0.620. The normalized spacial score (nSPS) is 25.7. The first-order chi connectivity index (χ1) is 6.84. The molecule has 0 aromatic heterocycles. The smallest absolute Gasteiger partial charge is 0.253 e. The Kier molecular flexibility index (Phi) is 2.31. The molecule has 86 valence electrons. The first-order valence-electron chi connectivity index (χ1n) is 5.19. The lowest BCUT2D eigenvalue weighted by molar-refractivity contribution is -0.124. The number of nitrogens with two attached hydrogens (primary N) is 1. The Bertz CT molecular complexity index is 380. The molecule has 0 spiro atoms. The fourth-order valence-electron chi connectivity index (χ4n) is 1.57. The van der Waals surface area contributed by atoms with Crippen molar-refractivity contribution >= 4 is 15.9 Å². The van der Waals surface area contributed by atoms with Gasteiger partial charge in [0, 0.05) is 0 Å². The van der Waals surface area contributed by atoms with Gasteiger partial charge in [-0.2, -0.15) is 0 Å². The molecule has 2 rings (SSSR count). The lowest BCUT2D eigenvalue weighted by Gasteiger charge is -2.22. The summed E-state index contributed by atoms with van der Waals surface area (Å²) in [5, 5.41) is -0.378. The number of sulfonamides is 1. The van der Waals surface area contributed by atoms with Crippen LogP contribution in [0.5, 0.6) is 0 Å². The van der Waals surface area contributed by atoms with Crippen LogP contribution in [0.25, 0.3) is 0 Å². The van der Waals surface area contributed by atoms with Crippen LogP contribution < -0.4 is 10.5 Å². The van der Waals surface area contributed by atoms with Crippen LogP contribution in [0.1, 0.15) is 32.6 Å². The predicted octanol–water partition coefficient (Wildman–Crippen LogP) is -0.278. The summed E-state index contributed by atoms with van der Waals surface area (Å²) in [6, 6.07) is 0. The van der Waals surface area contributed by atoms with Crippen LogP contribution in [-0.4, -0.2) is 25.1 Å². The molecule has 2 aliphatic rings. The van der Waals surface area contributed by atoms with Gasteiger partial charge in [0.25, 0.3) is 5.91 Å². The van der Waals surface area contributed by atoms with E-state index in [0.717, 1.165) is 12.8 Å². The van der Waals surface area contributed by atoms with E-state index in [1.165, 1.54) is 0 Å². The lowest BCUT2D eigenvalue weighted by atomic mass is 9.97. The molecular formula is C9H16N2O3S. The zero-order valence-electron chi connectivity index (χ0n) is 8.69. The quantitative estimate of drug-likeness (QED) is 0.697. The largest absolute Gasteiger partial charge is 0.317 e. The SMILES string of the molecule is CC(N)(C(=O)NS(=O)(=O)C1CC1)C1CC1. The first-order valence-corrected chi connectivity index (χ1v) is 6.73. The number of carbonyl (C=O) groups is 1. The van der Waals surface area contributed by atoms with Gasteiger partial charge in [-0.15, -0.1) is 0 Å². The number of carbonyl (C=O) groups excluding carboxylic acids is 1. The second kappa shape index (κ2) is 3.18. The van der Waals surface area contributed by atoms with E-state index in [4.69, 9.17) is 5.73 Å². The molecular weight excluding hydrogens is 216 g/mol. The summed E-state index contributed by atoms with van der Waals surface area (Å²) in [6.45, 7) is 1.60. The fourth-order valence-corrected chi connectivity index (χ4v) is 2.97. The van der Waals surface area contributed by atoms with Crippen molar-refractivity contribution in [2.75, 3.05) is 0 Å². The zero-order chi connectivity index (χ0) is 11.3. The van der Waals surface area contributed by atoms with Crippen LogP contribution in [0, 0.1) is 5.92 Å². The van der Waals surface area contributed by atoms with Crippen molar-refractivity contribution < 1.29 is 13.2 Å². The molecule has 0 radical (unpaired) electrons. The molecule has 0 aliphatic heterocycles. The predicted molar refractivity (Wildman–Crippen MR) is 55.4 cm³/mol. The highest BCUT2D eigenvalue weighted by atomic mass is 32.2. The van der Waals surface area contributed by atoms with Crippen LogP contribution in [0.2, 0.25) is 0 Å². The minimum Gasteiger partial charge on any atom is -0.317 e. The van der Waals surface area contributed by atoms with E-state index < -0.39 is 21.5 Å². The third-order valence-electron chi connectivity index (χ3n) is 3.11. The van der Waals surface area contributed by atoms with Crippen LogP contribution >= 0.6 is 0 Å². The van der Waals surface area contributed by atoms with E-state index >= 15 is 0 Å². The molecule has 0 aromatic rings. The van der Waals surface area contributed by atoms with Crippen molar-refractivity contribution in [2.24, 2.45) is 11.7 Å². The van der Waals surface area contributed by atoms with Gasteiger partial charge < -0.3 is 5.73 Å². The van der Waals surface area contributed by atoms with Gasteiger partial charge in [0.15, 0.2) is 0 Å². The van der Waals surface area contributed by atoms with Crippen molar-refractivity contribution in [3.05, 3.63) is 0 Å². The second-order valence-electron chi connectivity index (χ2n) is 4.73. The molecule has 2 aliphatic carbocycles. The summed E-state index contributed by atoms with van der Waals surface area (Å²) < 4.78 is 25.1. The topological polar surface area (TPSA) is 89.3 Å². The molecule has 1 atom stereocenters. The molecule has 15 heavy (non-hydrogen) atoms. The minimum absolute atomic E-state index is 0.131. The van der Waals surface area contributed by atoms with E-state index in [1.54, 1.807) is 6.92 Å². The van der Waals surface area contributed by atoms with Crippen LogP contribution in [0.4, 0.5) is 0 Å². The number of nitrogens with one attached hydrogen (secondary N) is 1. The maximum atomic E-state index is 11.7. The highest BCUT2D eigenvalue weighted by molar-refractivity contribution is 7.90. The maximum absolute atomic E-state index is 11.7. The maximum Gasteiger partial charge on any atom is 0.253 e. The standard InChI is InChI=1S/C9H16N2O3S/c1-9(10,6-2-3-6)8(12)11-15(13,14)7-4-5-7/h6-7H,2-5,10H2,1H3,(H,11,12). The van der Waals surface area contributed by atoms with Crippen LogP contribution in [-0.2, 0) is 14.8 Å². The molecule has 0 saturated heterocycles. The number of hydrogen-bond acceptors (Lipinski definition) is 4. The Morgan fingerprint density at radius 1 is 1.33 bits per heavy atom. The Balaban J connectivity index is 2.02. The average Bonchev–Trinajstić information content (AvgIpc) is 2.95. The van der Waals surface area contributed by atoms with Gasteiger partial charge in [-0.25, -0.2) is 8.42 Å². The summed E-state index contributed by atoms with van der Waals surface area (Å²) >= 11 is 0. The summed E-state index contributed by atoms with van der Waals surface area (Å²) in [7, 11) is -3.45. The summed E-state index contributed by atoms with van der Waals surface area (Å²) in [5.74, 6) is -0.427. The van der Waals surface area contributed by atoms with E-state index in [2.05, 4.69) is 4.72 Å². The average molecular weight is 232 g/mol. The van der Waals surface area contributed by atoms with Crippen LogP contribution in [0.15, 0.2) is 0 Å². The number of hydrogen-bond donors (Lipinski definition) is 2. The van der Waals surface area contributed by atoms with Crippen molar-refractivity contribution in [1.29, 1.82) is 0 Å². The number of amides is 1. The van der Waals surface area contributed by atoms with Gasteiger partial charge >= 0.3 is 0 Å². The zero-order valence-corrected chi connectivity index (χ0v) is 9.51. The van der Waals surface area contributed by atoms with E-state index in [0.29, 0.717) is 12.8 Å². The van der Waals surface area contributed by atoms with Crippen molar-refractivity contribution in [3.63, 3.8) is 0 Å². The van der Waals surface area contributed by atoms with Gasteiger partial charge in [0.2, 0.25) is 10.0 Å². The molecule has 1 unspecified atom stereocenters. The van der Waals surface area contributed by atoms with Crippen LogP contribution in [0.3, 0.4) is 0 Å². The van der Waals surface area contributed by atoms with Gasteiger partial charge in [-0.05, 0) is 38.5 Å². The first kappa shape index (κ1) is 10.9. The summed E-state index contributed by atoms with van der Waals surface area (Å²) in [4.78, 5) is 11.7. The van der Waals surface area contributed by atoms with E-state index in [1.807, 2.05) is 0 Å². The molecule has 3 N–H and O–H groups in total. The van der Waals surface area contributed by atoms with Gasteiger partial charge in [-0.1, -0.05) is 0 Å². The van der Waals surface area contributed by atoms with E-state index in [-0.39, 0.29) is 11.2 Å². The summed E-state index contributed by atoms with van der Waals surface area (Å²) in [5.41, 5.74) is 4.78. The molecule has 0 heterocycles. The molecule has 2 saturated carbocycles. The third kappa shape index (κ3) is 2.15. The molecule has 0 aromatic carbocycles. The monoisotopic (exact) mass is 232 g/mol. The van der Waals surface area contributed by atoms with Crippen molar-refractivity contribution in [3.8, 4) is 0 Å². The molecule has 6 heteroatoms. The Morgan fingerprint density at radius 3 is 2.27 bits per heavy atom. The Labute approximate surface area is 89.5 Å². The van der Waals surface area contributed by atoms with Gasteiger partial charge in [0.1, 0.15) is 0 Å². The molecule has 1 amide bonds. The second-order valence-corrected chi connectivity index (χ2v) is 6.69. The van der Waals surface area contributed by atoms with E-state index in [9.17, 15) is 13.2 Å². The third-order valence-corrected chi connectivity index (χ3v) is 4.93. The lowest BCUT2D eigenvalue weighted by Crippen LogP contribution is -2.55.